The van der Waals surface area contributed by atoms with Crippen molar-refractivity contribution in [1.82, 2.24) is 0 Å². The maximum atomic E-state index is 13.6. The number of benzene rings is 2. The van der Waals surface area contributed by atoms with Gasteiger partial charge in [0.2, 0.25) is 12.5 Å². The van der Waals surface area contributed by atoms with Gasteiger partial charge in [-0.15, -0.1) is 0 Å². The molecule has 1 N–H and O–H groups in total. The Morgan fingerprint density at radius 2 is 1.70 bits per heavy atom. The number of para-hydroxylation sites is 1. The third-order valence-corrected chi connectivity index (χ3v) is 3.80. The lowest BCUT2D eigenvalue weighted by Gasteiger charge is -2.26. The Balaban J connectivity index is 2.28. The van der Waals surface area contributed by atoms with E-state index in [4.69, 9.17) is 0 Å². The van der Waals surface area contributed by atoms with E-state index in [1.165, 1.54) is 48.5 Å². The van der Waals surface area contributed by atoms with E-state index >= 15 is 0 Å². The van der Waals surface area contributed by atoms with Crippen molar-refractivity contribution in [2.24, 2.45) is 5.92 Å². The highest BCUT2D eigenvalue weighted by Gasteiger charge is 2.48. The number of halogens is 4. The molecule has 2 atom stereocenters. The molecule has 2 rings (SSSR count). The summed E-state index contributed by atoms with van der Waals surface area (Å²) in [6.45, 7) is -1.11. The lowest BCUT2D eigenvalue weighted by molar-refractivity contribution is -0.488. The first-order valence-corrected chi connectivity index (χ1v) is 7.82. The van der Waals surface area contributed by atoms with Gasteiger partial charge in [-0.2, -0.15) is 13.2 Å². The molecule has 0 aliphatic heterocycles. The van der Waals surface area contributed by atoms with E-state index < -0.39 is 41.2 Å². The molecule has 0 saturated carbocycles. The standard InChI is InChI=1S/C18H15F4N2O3/c19-14-8-4-5-9-15(14)23-16(25)10-13(11-24(26)27)17(18(20,21)22)12-6-2-1-3-7-12/h1-10,13,17H,11H2,(H,23,25). The van der Waals surface area contributed by atoms with Crippen LogP contribution in [0.1, 0.15) is 11.5 Å². The number of anilines is 1. The quantitative estimate of drug-likeness (QED) is 0.442. The molecule has 143 valence electrons. The molecule has 1 amide bonds. The molecule has 9 heteroatoms. The molecular weight excluding hydrogens is 368 g/mol. The average molecular weight is 383 g/mol. The largest absolute Gasteiger partial charge is 0.396 e. The van der Waals surface area contributed by atoms with Gasteiger partial charge in [-0.25, -0.2) is 4.39 Å². The summed E-state index contributed by atoms with van der Waals surface area (Å²) in [6.07, 6.45) is -4.24. The fourth-order valence-electron chi connectivity index (χ4n) is 2.70. The molecule has 0 spiro atoms. The van der Waals surface area contributed by atoms with Crippen molar-refractivity contribution in [1.29, 1.82) is 0 Å². The monoisotopic (exact) mass is 383 g/mol. The van der Waals surface area contributed by atoms with E-state index in [2.05, 4.69) is 5.32 Å². The summed E-state index contributed by atoms with van der Waals surface area (Å²) in [7, 11) is 0. The Morgan fingerprint density at radius 3 is 2.26 bits per heavy atom. The van der Waals surface area contributed by atoms with Crippen LogP contribution in [0.25, 0.3) is 0 Å². The maximum Gasteiger partial charge on any atom is 0.396 e. The smallest absolute Gasteiger partial charge is 0.323 e. The molecule has 0 fully saturated rings. The van der Waals surface area contributed by atoms with Gasteiger partial charge in [0.1, 0.15) is 5.82 Å². The minimum atomic E-state index is -4.82. The van der Waals surface area contributed by atoms with Crippen LogP contribution in [0, 0.1) is 28.3 Å². The van der Waals surface area contributed by atoms with E-state index in [-0.39, 0.29) is 11.3 Å². The van der Waals surface area contributed by atoms with Crippen molar-refractivity contribution >= 4 is 11.6 Å². The summed E-state index contributed by atoms with van der Waals surface area (Å²) in [4.78, 5) is 22.1. The van der Waals surface area contributed by atoms with Crippen LogP contribution in [0.2, 0.25) is 0 Å². The van der Waals surface area contributed by atoms with Crippen LogP contribution in [-0.4, -0.2) is 23.6 Å². The molecule has 0 bridgehead atoms. The van der Waals surface area contributed by atoms with Crippen LogP contribution in [0.3, 0.4) is 0 Å². The molecule has 2 aromatic carbocycles. The molecule has 0 aliphatic rings. The second-order valence-corrected chi connectivity index (χ2v) is 5.74. The predicted molar refractivity (Wildman–Crippen MR) is 89.9 cm³/mol. The van der Waals surface area contributed by atoms with Gasteiger partial charge in [0.25, 0.3) is 0 Å². The summed E-state index contributed by atoms with van der Waals surface area (Å²) in [6, 6.07) is 11.7. The number of carbonyl (C=O) groups is 1. The van der Waals surface area contributed by atoms with Crippen LogP contribution in [-0.2, 0) is 4.79 Å². The Hall–Kier alpha value is -2.97. The van der Waals surface area contributed by atoms with E-state index in [0.29, 0.717) is 6.42 Å². The molecule has 2 unspecified atom stereocenters. The SMILES string of the molecule is O=C([CH]C(C[N+](=O)[O-])C(c1ccccc1)C(F)(F)F)Nc1ccccc1F. The Morgan fingerprint density at radius 1 is 1.11 bits per heavy atom. The molecule has 27 heavy (non-hydrogen) atoms. The summed E-state index contributed by atoms with van der Waals surface area (Å²) < 4.78 is 54.4. The molecule has 0 aliphatic carbocycles. The van der Waals surface area contributed by atoms with Gasteiger partial charge in [-0.05, 0) is 17.7 Å². The highest BCUT2D eigenvalue weighted by molar-refractivity contribution is 5.97. The van der Waals surface area contributed by atoms with Crippen molar-refractivity contribution in [3.05, 3.63) is 82.5 Å². The number of rotatable bonds is 7. The first-order valence-electron chi connectivity index (χ1n) is 7.82. The zero-order valence-electron chi connectivity index (χ0n) is 13.8. The van der Waals surface area contributed by atoms with E-state index in [1.54, 1.807) is 0 Å². The number of nitro groups is 1. The highest BCUT2D eigenvalue weighted by atomic mass is 19.4. The van der Waals surface area contributed by atoms with Crippen LogP contribution >= 0.6 is 0 Å². The first-order chi connectivity index (χ1) is 12.7. The average Bonchev–Trinajstić information content (AvgIpc) is 2.56. The third kappa shape index (κ3) is 5.77. The van der Waals surface area contributed by atoms with Crippen molar-refractivity contribution in [3.8, 4) is 0 Å². The number of carbonyl (C=O) groups excluding carboxylic acids is 1. The van der Waals surface area contributed by atoms with Gasteiger partial charge < -0.3 is 5.32 Å². The lowest BCUT2D eigenvalue weighted by atomic mass is 9.83. The summed E-state index contributed by atoms with van der Waals surface area (Å²) in [5, 5.41) is 13.0. The van der Waals surface area contributed by atoms with Gasteiger partial charge in [-0.1, -0.05) is 42.5 Å². The zero-order chi connectivity index (χ0) is 20.0. The Labute approximate surface area is 152 Å². The lowest BCUT2D eigenvalue weighted by Crippen LogP contribution is -2.35. The molecule has 1 radical (unpaired) electrons. The zero-order valence-corrected chi connectivity index (χ0v) is 13.8. The van der Waals surface area contributed by atoms with E-state index in [9.17, 15) is 32.5 Å². The van der Waals surface area contributed by atoms with Crippen molar-refractivity contribution < 1.29 is 27.3 Å². The summed E-state index contributed by atoms with van der Waals surface area (Å²) in [5.74, 6) is -5.86. The third-order valence-electron chi connectivity index (χ3n) is 3.80. The molecular formula is C18H15F4N2O3. The summed E-state index contributed by atoms with van der Waals surface area (Å²) >= 11 is 0. The van der Waals surface area contributed by atoms with Gasteiger partial charge in [-0.3, -0.25) is 14.9 Å². The fourth-order valence-corrected chi connectivity index (χ4v) is 2.70. The van der Waals surface area contributed by atoms with Gasteiger partial charge in [0, 0.05) is 4.92 Å². The van der Waals surface area contributed by atoms with Crippen LogP contribution in [0.15, 0.2) is 54.6 Å². The number of amides is 1. The van der Waals surface area contributed by atoms with E-state index in [1.807, 2.05) is 0 Å². The second kappa shape index (κ2) is 8.61. The van der Waals surface area contributed by atoms with Crippen LogP contribution in [0.5, 0.6) is 0 Å². The van der Waals surface area contributed by atoms with E-state index in [0.717, 1.165) is 6.07 Å². The number of hydrogen-bond donors (Lipinski definition) is 1. The minimum absolute atomic E-state index is 0.202. The topological polar surface area (TPSA) is 72.2 Å². The van der Waals surface area contributed by atoms with Crippen LogP contribution < -0.4 is 5.32 Å². The number of nitrogens with zero attached hydrogens (tertiary/aromatic N) is 1. The molecule has 2 aromatic rings. The van der Waals surface area contributed by atoms with Gasteiger partial charge >= 0.3 is 6.18 Å². The fraction of sp³-hybridized carbons (Fsp3) is 0.222. The normalized spacial score (nSPS) is 13.6. The molecule has 0 heterocycles. The van der Waals surface area contributed by atoms with Crippen molar-refractivity contribution in [3.63, 3.8) is 0 Å². The van der Waals surface area contributed by atoms with Gasteiger partial charge in [0.15, 0.2) is 0 Å². The first kappa shape index (κ1) is 20.3. The minimum Gasteiger partial charge on any atom is -0.323 e. The van der Waals surface area contributed by atoms with Crippen molar-refractivity contribution in [2.45, 2.75) is 12.1 Å². The molecule has 0 saturated heterocycles. The maximum absolute atomic E-state index is 13.6. The van der Waals surface area contributed by atoms with Gasteiger partial charge in [0.05, 0.1) is 23.9 Å². The second-order valence-electron chi connectivity index (χ2n) is 5.74. The Bertz CT molecular complexity index is 797. The molecule has 0 aromatic heterocycles. The summed E-state index contributed by atoms with van der Waals surface area (Å²) in [5.41, 5.74) is -0.436. The number of alkyl halides is 3. The molecule has 5 nitrogen and oxygen atoms in total. The number of nitrogens with one attached hydrogen (secondary N) is 1. The highest BCUT2D eigenvalue weighted by Crippen LogP contribution is 2.41. The van der Waals surface area contributed by atoms with Crippen molar-refractivity contribution in [2.75, 3.05) is 11.9 Å². The predicted octanol–water partition coefficient (Wildman–Crippen LogP) is 4.21. The number of hydrogen-bond acceptors (Lipinski definition) is 3. The van der Waals surface area contributed by atoms with Crippen LogP contribution in [0.4, 0.5) is 23.2 Å². The Kier molecular flexibility index (Phi) is 6.49.